The highest BCUT2D eigenvalue weighted by molar-refractivity contribution is 6.29. The van der Waals surface area contributed by atoms with Crippen molar-refractivity contribution < 1.29 is 14.3 Å². The van der Waals surface area contributed by atoms with Gasteiger partial charge in [0.05, 0.1) is 19.8 Å². The van der Waals surface area contributed by atoms with Crippen molar-refractivity contribution in [2.24, 2.45) is 0 Å². The summed E-state index contributed by atoms with van der Waals surface area (Å²) in [7, 11) is 0. The maximum Gasteiger partial charge on any atom is 0.242 e. The molecular formula is C13H16ClNO3. The van der Waals surface area contributed by atoms with Crippen LogP contribution in [0.25, 0.3) is 0 Å². The van der Waals surface area contributed by atoms with Crippen molar-refractivity contribution in [1.29, 1.82) is 0 Å². The second kappa shape index (κ2) is 6.18. The fraction of sp³-hybridized carbons (Fsp3) is 0.462. The zero-order valence-electron chi connectivity index (χ0n) is 10.3. The lowest BCUT2D eigenvalue weighted by molar-refractivity contribution is -0.117. The summed E-state index contributed by atoms with van der Waals surface area (Å²) >= 11 is 5.66. The third kappa shape index (κ3) is 3.02. The first-order valence-corrected chi connectivity index (χ1v) is 6.41. The molecule has 1 aromatic rings. The number of nitrogens with zero attached hydrogens (tertiary/aromatic N) is 1. The molecule has 1 amide bonds. The van der Waals surface area contributed by atoms with Crippen molar-refractivity contribution in [3.8, 4) is 0 Å². The zero-order chi connectivity index (χ0) is 13.0. The minimum Gasteiger partial charge on any atom is -0.348 e. The molecule has 98 valence electrons. The van der Waals surface area contributed by atoms with Gasteiger partial charge in [-0.05, 0) is 18.6 Å². The number of rotatable bonds is 4. The number of hydrogen-bond donors (Lipinski definition) is 0. The van der Waals surface area contributed by atoms with E-state index in [1.807, 2.05) is 31.2 Å². The molecule has 0 saturated carbocycles. The van der Waals surface area contributed by atoms with Crippen LogP contribution in [-0.4, -0.2) is 37.8 Å². The van der Waals surface area contributed by atoms with Crippen molar-refractivity contribution in [3.05, 3.63) is 29.8 Å². The number of carbonyl (C=O) groups is 1. The van der Waals surface area contributed by atoms with Gasteiger partial charge in [-0.25, -0.2) is 0 Å². The number of halogens is 1. The third-order valence-electron chi connectivity index (χ3n) is 2.84. The molecule has 0 unspecified atom stereocenters. The van der Waals surface area contributed by atoms with Gasteiger partial charge in [0.15, 0.2) is 6.29 Å². The molecule has 18 heavy (non-hydrogen) atoms. The maximum absolute atomic E-state index is 11.9. The lowest BCUT2D eigenvalue weighted by Gasteiger charge is -2.25. The molecular weight excluding hydrogens is 254 g/mol. The van der Waals surface area contributed by atoms with Crippen molar-refractivity contribution in [2.45, 2.75) is 13.2 Å². The SMILES string of the molecule is Cc1ccccc1N(CC1OCCO1)C(=O)CCl. The van der Waals surface area contributed by atoms with E-state index in [2.05, 4.69) is 0 Å². The molecule has 0 radical (unpaired) electrons. The highest BCUT2D eigenvalue weighted by Crippen LogP contribution is 2.21. The summed E-state index contributed by atoms with van der Waals surface area (Å²) in [5, 5.41) is 0. The van der Waals surface area contributed by atoms with Crippen LogP contribution in [0.3, 0.4) is 0 Å². The van der Waals surface area contributed by atoms with E-state index in [1.54, 1.807) is 4.90 Å². The smallest absolute Gasteiger partial charge is 0.242 e. The Morgan fingerprint density at radius 2 is 2.06 bits per heavy atom. The van der Waals surface area contributed by atoms with Crippen LogP contribution in [0, 0.1) is 6.92 Å². The third-order valence-corrected chi connectivity index (χ3v) is 3.07. The number of para-hydroxylation sites is 1. The molecule has 2 rings (SSSR count). The molecule has 1 aromatic carbocycles. The Hall–Kier alpha value is -1.10. The Bertz CT molecular complexity index is 418. The van der Waals surface area contributed by atoms with Crippen LogP contribution in [0.1, 0.15) is 5.56 Å². The number of benzene rings is 1. The van der Waals surface area contributed by atoms with Gasteiger partial charge in [0.2, 0.25) is 5.91 Å². The summed E-state index contributed by atoms with van der Waals surface area (Å²) in [5.41, 5.74) is 1.87. The van der Waals surface area contributed by atoms with E-state index in [0.29, 0.717) is 19.8 Å². The summed E-state index contributed by atoms with van der Waals surface area (Å²) in [5.74, 6) is -0.203. The molecule has 1 heterocycles. The van der Waals surface area contributed by atoms with Crippen LogP contribution in [-0.2, 0) is 14.3 Å². The Morgan fingerprint density at radius 3 is 2.67 bits per heavy atom. The van der Waals surface area contributed by atoms with Crippen LogP contribution in [0.15, 0.2) is 24.3 Å². The van der Waals surface area contributed by atoms with E-state index in [9.17, 15) is 4.79 Å². The summed E-state index contributed by atoms with van der Waals surface area (Å²) in [6, 6.07) is 7.69. The first-order valence-electron chi connectivity index (χ1n) is 5.87. The van der Waals surface area contributed by atoms with E-state index in [-0.39, 0.29) is 18.1 Å². The predicted octanol–water partition coefficient (Wildman–Crippen LogP) is 1.94. The standard InChI is InChI=1S/C13H16ClNO3/c1-10-4-2-3-5-11(10)15(12(16)8-14)9-13-17-6-7-18-13/h2-5,13H,6-9H2,1H3. The molecule has 1 fully saturated rings. The van der Waals surface area contributed by atoms with Gasteiger partial charge in [0.25, 0.3) is 0 Å². The number of carbonyl (C=O) groups excluding carboxylic acids is 1. The molecule has 0 aliphatic carbocycles. The second-order valence-corrected chi connectivity index (χ2v) is 4.36. The van der Waals surface area contributed by atoms with Gasteiger partial charge in [0.1, 0.15) is 5.88 Å². The molecule has 0 atom stereocenters. The molecule has 5 heteroatoms. The molecule has 4 nitrogen and oxygen atoms in total. The summed E-state index contributed by atoms with van der Waals surface area (Å²) < 4.78 is 10.8. The Morgan fingerprint density at radius 1 is 1.39 bits per heavy atom. The van der Waals surface area contributed by atoms with Crippen LogP contribution >= 0.6 is 11.6 Å². The topological polar surface area (TPSA) is 38.8 Å². The van der Waals surface area contributed by atoms with Gasteiger partial charge in [-0.1, -0.05) is 18.2 Å². The van der Waals surface area contributed by atoms with E-state index in [0.717, 1.165) is 11.3 Å². The fourth-order valence-electron chi connectivity index (χ4n) is 1.93. The molecule has 0 N–H and O–H groups in total. The Balaban J connectivity index is 2.19. The summed E-state index contributed by atoms with van der Waals surface area (Å²) in [6.45, 7) is 3.47. The Kier molecular flexibility index (Phi) is 4.58. The van der Waals surface area contributed by atoms with Gasteiger partial charge < -0.3 is 14.4 Å². The monoisotopic (exact) mass is 269 g/mol. The number of ether oxygens (including phenoxy) is 2. The first-order chi connectivity index (χ1) is 8.72. The lowest BCUT2D eigenvalue weighted by Crippen LogP contribution is -2.39. The zero-order valence-corrected chi connectivity index (χ0v) is 11.0. The molecule has 1 saturated heterocycles. The van der Waals surface area contributed by atoms with Crippen LogP contribution in [0.5, 0.6) is 0 Å². The van der Waals surface area contributed by atoms with Crippen LogP contribution in [0.2, 0.25) is 0 Å². The summed E-state index contributed by atoms with van der Waals surface area (Å²) in [4.78, 5) is 13.6. The van der Waals surface area contributed by atoms with Crippen molar-refractivity contribution in [2.75, 3.05) is 30.5 Å². The lowest BCUT2D eigenvalue weighted by atomic mass is 10.2. The fourth-order valence-corrected chi connectivity index (χ4v) is 2.08. The van der Waals surface area contributed by atoms with Gasteiger partial charge in [-0.15, -0.1) is 11.6 Å². The number of anilines is 1. The molecule has 0 bridgehead atoms. The van der Waals surface area contributed by atoms with E-state index in [4.69, 9.17) is 21.1 Å². The van der Waals surface area contributed by atoms with Crippen molar-refractivity contribution >= 4 is 23.2 Å². The number of amides is 1. The maximum atomic E-state index is 11.9. The van der Waals surface area contributed by atoms with Crippen LogP contribution in [0.4, 0.5) is 5.69 Å². The highest BCUT2D eigenvalue weighted by atomic mass is 35.5. The van der Waals surface area contributed by atoms with Gasteiger partial charge in [-0.2, -0.15) is 0 Å². The average Bonchev–Trinajstić information content (AvgIpc) is 2.89. The molecule has 1 aliphatic heterocycles. The van der Waals surface area contributed by atoms with Crippen LogP contribution < -0.4 is 4.90 Å². The van der Waals surface area contributed by atoms with E-state index in [1.165, 1.54) is 0 Å². The van der Waals surface area contributed by atoms with Crippen molar-refractivity contribution in [3.63, 3.8) is 0 Å². The molecule has 0 aromatic heterocycles. The normalized spacial score (nSPS) is 15.9. The molecule has 1 aliphatic rings. The van der Waals surface area contributed by atoms with Gasteiger partial charge in [-0.3, -0.25) is 4.79 Å². The van der Waals surface area contributed by atoms with Gasteiger partial charge >= 0.3 is 0 Å². The predicted molar refractivity (Wildman–Crippen MR) is 69.9 cm³/mol. The highest BCUT2D eigenvalue weighted by Gasteiger charge is 2.24. The van der Waals surface area contributed by atoms with E-state index >= 15 is 0 Å². The average molecular weight is 270 g/mol. The largest absolute Gasteiger partial charge is 0.348 e. The van der Waals surface area contributed by atoms with Crippen molar-refractivity contribution in [1.82, 2.24) is 0 Å². The quantitative estimate of drug-likeness (QED) is 0.784. The minimum atomic E-state index is -0.364. The second-order valence-electron chi connectivity index (χ2n) is 4.10. The number of hydrogen-bond acceptors (Lipinski definition) is 3. The number of alkyl halides is 1. The Labute approximate surface area is 111 Å². The summed E-state index contributed by atoms with van der Waals surface area (Å²) in [6.07, 6.45) is -0.364. The first kappa shape index (κ1) is 13.3. The minimum absolute atomic E-state index is 0.0545. The molecule has 0 spiro atoms. The van der Waals surface area contributed by atoms with E-state index < -0.39 is 0 Å². The van der Waals surface area contributed by atoms with Gasteiger partial charge in [0, 0.05) is 5.69 Å². The number of aryl methyl sites for hydroxylation is 1.